The molecule has 2 rings (SSSR count). The molecule has 0 radical (unpaired) electrons. The maximum atomic E-state index is 12.0. The molecule has 0 saturated carbocycles. The standard InChI is InChI=1S/C14H13ClN2O2S/c15-11-6-7-13(18)12(8-11)16-14(19)17(20)9-10-4-2-1-3-5-10/h1-8,18,20H,9H2,(H,16,19). The molecule has 0 aliphatic rings. The second kappa shape index (κ2) is 6.54. The van der Waals surface area contributed by atoms with Crippen molar-refractivity contribution in [3.8, 4) is 5.75 Å². The van der Waals surface area contributed by atoms with Crippen LogP contribution in [0, 0.1) is 0 Å². The molecule has 0 spiro atoms. The number of hydrogen-bond acceptors (Lipinski definition) is 3. The van der Waals surface area contributed by atoms with Crippen LogP contribution in [0.3, 0.4) is 0 Å². The van der Waals surface area contributed by atoms with Crippen molar-refractivity contribution in [3.05, 3.63) is 59.1 Å². The Bertz CT molecular complexity index is 607. The lowest BCUT2D eigenvalue weighted by atomic mass is 10.2. The Morgan fingerprint density at radius 3 is 2.65 bits per heavy atom. The summed E-state index contributed by atoms with van der Waals surface area (Å²) < 4.78 is 1.22. The molecule has 0 fully saturated rings. The van der Waals surface area contributed by atoms with E-state index in [1.807, 2.05) is 30.3 Å². The number of anilines is 1. The van der Waals surface area contributed by atoms with Crippen LogP contribution in [0.5, 0.6) is 5.75 Å². The molecule has 0 heterocycles. The maximum absolute atomic E-state index is 12.0. The fraction of sp³-hybridized carbons (Fsp3) is 0.0714. The average Bonchev–Trinajstić information content (AvgIpc) is 2.44. The number of thiol groups is 1. The summed E-state index contributed by atoms with van der Waals surface area (Å²) in [5.41, 5.74) is 1.20. The van der Waals surface area contributed by atoms with Gasteiger partial charge < -0.3 is 10.4 Å². The molecule has 2 aromatic rings. The fourth-order valence-electron chi connectivity index (χ4n) is 1.62. The highest BCUT2D eigenvalue weighted by Gasteiger charge is 2.12. The third kappa shape index (κ3) is 3.82. The van der Waals surface area contributed by atoms with Gasteiger partial charge in [0.2, 0.25) is 0 Å². The van der Waals surface area contributed by atoms with E-state index in [0.717, 1.165) is 5.56 Å². The number of carbonyl (C=O) groups excluding carboxylic acids is 1. The largest absolute Gasteiger partial charge is 0.506 e. The van der Waals surface area contributed by atoms with Gasteiger partial charge in [0.15, 0.2) is 0 Å². The number of urea groups is 1. The van der Waals surface area contributed by atoms with Crippen molar-refractivity contribution < 1.29 is 9.90 Å². The van der Waals surface area contributed by atoms with Crippen LogP contribution >= 0.6 is 24.4 Å². The first-order valence-corrected chi connectivity index (χ1v) is 6.64. The Morgan fingerprint density at radius 2 is 1.95 bits per heavy atom. The molecule has 0 saturated heterocycles. The Kier molecular flexibility index (Phi) is 4.76. The van der Waals surface area contributed by atoms with Crippen molar-refractivity contribution >= 4 is 36.1 Å². The number of aromatic hydroxyl groups is 1. The summed E-state index contributed by atoms with van der Waals surface area (Å²) in [7, 11) is 0. The van der Waals surface area contributed by atoms with Gasteiger partial charge in [0.1, 0.15) is 5.75 Å². The molecule has 4 nitrogen and oxygen atoms in total. The van der Waals surface area contributed by atoms with Gasteiger partial charge in [-0.1, -0.05) is 54.7 Å². The SMILES string of the molecule is O=C(Nc1cc(Cl)ccc1O)N(S)Cc1ccccc1. The molecule has 6 heteroatoms. The third-order valence-electron chi connectivity index (χ3n) is 2.61. The van der Waals surface area contributed by atoms with Crippen LogP contribution in [-0.2, 0) is 6.54 Å². The van der Waals surface area contributed by atoms with Crippen molar-refractivity contribution in [1.29, 1.82) is 0 Å². The van der Waals surface area contributed by atoms with Crippen molar-refractivity contribution in [2.45, 2.75) is 6.54 Å². The van der Waals surface area contributed by atoms with Gasteiger partial charge in [0.05, 0.1) is 12.2 Å². The fourth-order valence-corrected chi connectivity index (χ4v) is 2.00. The first-order chi connectivity index (χ1) is 9.56. The first kappa shape index (κ1) is 14.6. The molecular formula is C14H13ClN2O2S. The minimum absolute atomic E-state index is 0.0517. The van der Waals surface area contributed by atoms with E-state index < -0.39 is 6.03 Å². The van der Waals surface area contributed by atoms with Crippen LogP contribution in [0.4, 0.5) is 10.5 Å². The predicted octanol–water partition coefficient (Wildman–Crippen LogP) is 3.92. The van der Waals surface area contributed by atoms with Crippen LogP contribution in [0.25, 0.3) is 0 Å². The zero-order valence-electron chi connectivity index (χ0n) is 10.5. The molecule has 2 N–H and O–H groups in total. The Morgan fingerprint density at radius 1 is 1.25 bits per heavy atom. The smallest absolute Gasteiger partial charge is 0.332 e. The lowest BCUT2D eigenvalue weighted by molar-refractivity contribution is 0.238. The number of benzene rings is 2. The van der Waals surface area contributed by atoms with E-state index in [0.29, 0.717) is 11.6 Å². The molecule has 0 aliphatic heterocycles. The summed E-state index contributed by atoms with van der Waals surface area (Å²) in [6.07, 6.45) is 0. The normalized spacial score (nSPS) is 10.1. The van der Waals surface area contributed by atoms with Crippen molar-refractivity contribution in [1.82, 2.24) is 4.31 Å². The monoisotopic (exact) mass is 308 g/mol. The van der Waals surface area contributed by atoms with Gasteiger partial charge in [-0.2, -0.15) is 0 Å². The minimum Gasteiger partial charge on any atom is -0.506 e. The van der Waals surface area contributed by atoms with Crippen molar-refractivity contribution in [2.24, 2.45) is 0 Å². The van der Waals surface area contributed by atoms with Gasteiger partial charge >= 0.3 is 6.03 Å². The van der Waals surface area contributed by atoms with Crippen molar-refractivity contribution in [2.75, 3.05) is 5.32 Å². The number of phenols is 1. The van der Waals surface area contributed by atoms with E-state index >= 15 is 0 Å². The molecule has 0 atom stereocenters. The molecule has 2 amide bonds. The highest BCUT2D eigenvalue weighted by atomic mass is 35.5. The molecule has 0 aliphatic carbocycles. The highest BCUT2D eigenvalue weighted by Crippen LogP contribution is 2.27. The number of rotatable bonds is 3. The number of hydrogen-bond donors (Lipinski definition) is 3. The summed E-state index contributed by atoms with van der Waals surface area (Å²) in [6.45, 7) is 0.344. The zero-order valence-corrected chi connectivity index (χ0v) is 12.1. The van der Waals surface area contributed by atoms with E-state index in [2.05, 4.69) is 18.1 Å². The summed E-state index contributed by atoms with van der Waals surface area (Å²) in [6, 6.07) is 13.4. The van der Waals surface area contributed by atoms with Crippen LogP contribution in [-0.4, -0.2) is 15.4 Å². The number of halogens is 1. The zero-order chi connectivity index (χ0) is 14.5. The van der Waals surface area contributed by atoms with Gasteiger partial charge in [-0.05, 0) is 23.8 Å². The van der Waals surface area contributed by atoms with Gasteiger partial charge in [-0.25, -0.2) is 4.79 Å². The first-order valence-electron chi connectivity index (χ1n) is 5.86. The van der Waals surface area contributed by atoms with Crippen LogP contribution in [0.1, 0.15) is 5.56 Å². The lowest BCUT2D eigenvalue weighted by Crippen LogP contribution is -2.26. The second-order valence-electron chi connectivity index (χ2n) is 4.13. The molecule has 104 valence electrons. The van der Waals surface area contributed by atoms with E-state index in [9.17, 15) is 9.90 Å². The molecule has 0 unspecified atom stereocenters. The summed E-state index contributed by atoms with van der Waals surface area (Å²) in [5, 5.41) is 12.6. The number of carbonyl (C=O) groups is 1. The van der Waals surface area contributed by atoms with Gasteiger partial charge in [0, 0.05) is 5.02 Å². The topological polar surface area (TPSA) is 52.6 Å². The van der Waals surface area contributed by atoms with Gasteiger partial charge in [-0.3, -0.25) is 4.31 Å². The van der Waals surface area contributed by atoms with Crippen LogP contribution < -0.4 is 5.32 Å². The van der Waals surface area contributed by atoms with E-state index in [1.165, 1.54) is 22.5 Å². The maximum Gasteiger partial charge on any atom is 0.332 e. The quantitative estimate of drug-likeness (QED) is 0.594. The molecule has 0 aromatic heterocycles. The van der Waals surface area contributed by atoms with E-state index in [1.54, 1.807) is 0 Å². The Balaban J connectivity index is 2.02. The van der Waals surface area contributed by atoms with Crippen molar-refractivity contribution in [3.63, 3.8) is 0 Å². The van der Waals surface area contributed by atoms with Crippen LogP contribution in [0.15, 0.2) is 48.5 Å². The average molecular weight is 309 g/mol. The number of nitrogens with one attached hydrogen (secondary N) is 1. The summed E-state index contributed by atoms with van der Waals surface area (Å²) in [5.74, 6) is -0.0517. The third-order valence-corrected chi connectivity index (χ3v) is 3.17. The second-order valence-corrected chi connectivity index (χ2v) is 5.05. The lowest BCUT2D eigenvalue weighted by Gasteiger charge is -2.17. The van der Waals surface area contributed by atoms with E-state index in [-0.39, 0.29) is 11.4 Å². The number of phenolic OH excluding ortho intramolecular Hbond substituents is 1. The number of amides is 2. The van der Waals surface area contributed by atoms with Gasteiger partial charge in [0.25, 0.3) is 0 Å². The highest BCUT2D eigenvalue weighted by molar-refractivity contribution is 7.78. The minimum atomic E-state index is -0.449. The van der Waals surface area contributed by atoms with Gasteiger partial charge in [-0.15, -0.1) is 0 Å². The Labute approximate surface area is 127 Å². The number of nitrogens with zero attached hydrogens (tertiary/aromatic N) is 1. The molecule has 0 bridgehead atoms. The molecule has 2 aromatic carbocycles. The summed E-state index contributed by atoms with van der Waals surface area (Å²) >= 11 is 9.95. The molecule has 20 heavy (non-hydrogen) atoms. The predicted molar refractivity (Wildman–Crippen MR) is 83.1 cm³/mol. The Hall–Kier alpha value is -1.85. The van der Waals surface area contributed by atoms with E-state index in [4.69, 9.17) is 11.6 Å². The summed E-state index contributed by atoms with van der Waals surface area (Å²) in [4.78, 5) is 12.0. The van der Waals surface area contributed by atoms with Crippen LogP contribution in [0.2, 0.25) is 5.02 Å². The molecular weight excluding hydrogens is 296 g/mol.